The van der Waals surface area contributed by atoms with E-state index in [1.807, 2.05) is 79.1 Å². The Labute approximate surface area is 563 Å². The number of ether oxygens (including phenoxy) is 2. The lowest BCUT2D eigenvalue weighted by Crippen LogP contribution is -2.21. The number of aliphatic hydroxyl groups is 2. The molecule has 11 rings (SSSR count). The van der Waals surface area contributed by atoms with Gasteiger partial charge in [0.05, 0.1) is 48.3 Å². The molecule has 3 heterocycles. The number of aryl methyl sites for hydroxylation is 3. The molecule has 8 atom stereocenters. The number of carboxylic acids is 1. The molecule has 4 aromatic carbocycles. The standard InChI is InChI=1S/C22H26N2O2.C21H24N2O3.C16H22.C15H20O.C7H8N2O2/c1-17-7-3-6-10-21(14-19-9-5-4-8-18(19)13-17)26-22(25)12-11-20-15-24(2)16-23-20;1-23-14-18(22-15-23)10-11-21(25)26-20-9-5-4-8-19(24)12-16-6-2-3-7-17(16)13-20;1-13-7-3-4-8-14(2)12-16-10-6-5-9-15(16)11-13;1-12-6-2-5-9-15(16)11-14-8-4-3-7-13(14)10-12;1-9-4-6(8-5-9)2-3-7(10)11/h3-6,8-9,11-12,15-17,21H,7,10,13-14H2,1-2H3;2-7,10-11,14-15,19-20,24H,8-9,12-13H2,1H3;3-6,9-10,13-14H,7-8,11-12H2,1-2H3;2-5,7-8,12,15-16H,6,9-11H2,1H3;2-5H,1H3,(H,10,11)/b6-3-,12-11+;5-4-,11-10+;4-3-;5-2-;3-2+. The Morgan fingerprint density at radius 3 is 0.905 bits per heavy atom. The average Bonchev–Trinajstić information content (AvgIpc) is 1.85. The predicted octanol–water partition coefficient (Wildman–Crippen LogP) is 15.0. The first kappa shape index (κ1) is 73.4. The fraction of sp³-hybridized carbons (Fsp3) is 0.383. The Morgan fingerprint density at radius 1 is 0.379 bits per heavy atom. The maximum absolute atomic E-state index is 12.2. The molecule has 3 aromatic heterocycles. The number of rotatable bonds is 8. The Kier molecular flexibility index (Phi) is 30.7. The molecule has 95 heavy (non-hydrogen) atoms. The van der Waals surface area contributed by atoms with E-state index in [4.69, 9.17) is 14.6 Å². The van der Waals surface area contributed by atoms with Gasteiger partial charge in [0.15, 0.2) is 0 Å². The third kappa shape index (κ3) is 27.9. The summed E-state index contributed by atoms with van der Waals surface area (Å²) >= 11 is 0. The van der Waals surface area contributed by atoms with Crippen molar-refractivity contribution < 1.29 is 39.2 Å². The van der Waals surface area contributed by atoms with Crippen LogP contribution in [0.15, 0.2) is 201 Å². The van der Waals surface area contributed by atoms with Gasteiger partial charge in [-0.2, -0.15) is 0 Å². The van der Waals surface area contributed by atoms with Crippen molar-refractivity contribution in [1.82, 2.24) is 28.7 Å². The van der Waals surface area contributed by atoms with Gasteiger partial charge in [0.25, 0.3) is 0 Å². The molecule has 0 aliphatic heterocycles. The maximum Gasteiger partial charge on any atom is 0.331 e. The molecular weight excluding hydrogens is 1180 g/mol. The summed E-state index contributed by atoms with van der Waals surface area (Å²) < 4.78 is 16.8. The van der Waals surface area contributed by atoms with Crippen molar-refractivity contribution >= 4 is 36.1 Å². The molecule has 4 aliphatic rings. The van der Waals surface area contributed by atoms with Gasteiger partial charge in [0.2, 0.25) is 0 Å². The summed E-state index contributed by atoms with van der Waals surface area (Å²) in [7, 11) is 5.60. The zero-order chi connectivity index (χ0) is 67.7. The molecule has 0 saturated heterocycles. The molecule has 0 radical (unpaired) electrons. The topological polar surface area (TPSA) is 184 Å². The highest BCUT2D eigenvalue weighted by molar-refractivity contribution is 5.87. The minimum absolute atomic E-state index is 0.151. The number of imidazole rings is 3. The molecule has 0 bridgehead atoms. The highest BCUT2D eigenvalue weighted by Gasteiger charge is 2.20. The molecule has 0 fully saturated rings. The quantitative estimate of drug-likeness (QED) is 0.0747. The summed E-state index contributed by atoms with van der Waals surface area (Å²) in [6.45, 7) is 9.28. The van der Waals surface area contributed by atoms with Crippen LogP contribution in [0.4, 0.5) is 0 Å². The van der Waals surface area contributed by atoms with Crippen LogP contribution in [0.3, 0.4) is 0 Å². The first-order chi connectivity index (χ1) is 45.9. The first-order valence-electron chi connectivity index (χ1n) is 33.7. The van der Waals surface area contributed by atoms with Crippen molar-refractivity contribution in [3.05, 3.63) is 263 Å². The smallest absolute Gasteiger partial charge is 0.331 e. The van der Waals surface area contributed by atoms with Crippen LogP contribution in [0.2, 0.25) is 0 Å². The minimum atomic E-state index is -0.962. The third-order valence-electron chi connectivity index (χ3n) is 16.9. The van der Waals surface area contributed by atoms with Crippen LogP contribution in [0.25, 0.3) is 18.2 Å². The number of aliphatic carboxylic acids is 1. The molecule has 14 nitrogen and oxygen atoms in total. The summed E-state index contributed by atoms with van der Waals surface area (Å²) in [6.07, 6.45) is 50.3. The van der Waals surface area contributed by atoms with Gasteiger partial charge < -0.3 is 38.5 Å². The zero-order valence-electron chi connectivity index (χ0n) is 56.8. The Morgan fingerprint density at radius 2 is 0.632 bits per heavy atom. The second kappa shape index (κ2) is 39.7. The number of nitrogens with zero attached hydrogens (tertiary/aromatic N) is 6. The van der Waals surface area contributed by atoms with Crippen molar-refractivity contribution in [2.24, 2.45) is 44.8 Å². The minimum Gasteiger partial charge on any atom is -0.478 e. The Balaban J connectivity index is 0.000000173. The lowest BCUT2D eigenvalue weighted by atomic mass is 9.88. The molecule has 14 heteroatoms. The monoisotopic (exact) mass is 1280 g/mol. The fourth-order valence-corrected chi connectivity index (χ4v) is 11.9. The van der Waals surface area contributed by atoms with Crippen LogP contribution >= 0.6 is 0 Å². The number of aromatic nitrogens is 6. The van der Waals surface area contributed by atoms with Gasteiger partial charge in [0.1, 0.15) is 12.2 Å². The summed E-state index contributed by atoms with van der Waals surface area (Å²) in [5.74, 6) is 1.19. The Hall–Kier alpha value is -8.98. The Bertz CT molecular complexity index is 3430. The summed E-state index contributed by atoms with van der Waals surface area (Å²) in [6, 6.07) is 34.0. The van der Waals surface area contributed by atoms with E-state index >= 15 is 0 Å². The molecule has 0 amide bonds. The van der Waals surface area contributed by atoms with Crippen LogP contribution in [0.5, 0.6) is 0 Å². The molecule has 502 valence electrons. The summed E-state index contributed by atoms with van der Waals surface area (Å²) in [5.41, 5.74) is 12.8. The van der Waals surface area contributed by atoms with Gasteiger partial charge in [-0.3, -0.25) is 0 Å². The number of hydrogen-bond acceptors (Lipinski definition) is 10. The first-order valence-corrected chi connectivity index (χ1v) is 33.7. The van der Waals surface area contributed by atoms with E-state index in [0.29, 0.717) is 43.2 Å². The van der Waals surface area contributed by atoms with Crippen LogP contribution in [0, 0.1) is 23.7 Å². The number of hydrogen-bond donors (Lipinski definition) is 3. The molecule has 0 spiro atoms. The van der Waals surface area contributed by atoms with Crippen molar-refractivity contribution in [3.63, 3.8) is 0 Å². The van der Waals surface area contributed by atoms with Crippen LogP contribution < -0.4 is 0 Å². The van der Waals surface area contributed by atoms with E-state index in [0.717, 1.165) is 91.8 Å². The zero-order valence-corrected chi connectivity index (χ0v) is 56.8. The van der Waals surface area contributed by atoms with E-state index in [-0.39, 0.29) is 36.4 Å². The van der Waals surface area contributed by atoms with E-state index in [9.17, 15) is 24.6 Å². The lowest BCUT2D eigenvalue weighted by Gasteiger charge is -2.20. The van der Waals surface area contributed by atoms with Gasteiger partial charge in [-0.1, -0.05) is 173 Å². The lowest BCUT2D eigenvalue weighted by molar-refractivity contribution is -0.143. The number of carbonyl (C=O) groups excluding carboxylic acids is 2. The number of benzene rings is 4. The largest absolute Gasteiger partial charge is 0.478 e. The van der Waals surface area contributed by atoms with Crippen LogP contribution in [0.1, 0.15) is 141 Å². The summed E-state index contributed by atoms with van der Waals surface area (Å²) in [5, 5.41) is 28.3. The normalized spacial score (nSPS) is 22.7. The maximum atomic E-state index is 12.2. The second-order valence-corrected chi connectivity index (χ2v) is 26.1. The van der Waals surface area contributed by atoms with Crippen LogP contribution in [-0.2, 0) is 96.4 Å². The van der Waals surface area contributed by atoms with Gasteiger partial charge in [0, 0.05) is 83.6 Å². The van der Waals surface area contributed by atoms with E-state index < -0.39 is 5.97 Å². The van der Waals surface area contributed by atoms with Gasteiger partial charge >= 0.3 is 17.9 Å². The van der Waals surface area contributed by atoms with Crippen molar-refractivity contribution in [2.75, 3.05) is 0 Å². The third-order valence-corrected chi connectivity index (χ3v) is 16.9. The molecule has 8 unspecified atom stereocenters. The fourth-order valence-electron chi connectivity index (χ4n) is 11.9. The molecule has 3 N–H and O–H groups in total. The molecule has 0 saturated carbocycles. The highest BCUT2D eigenvalue weighted by atomic mass is 16.5. The van der Waals surface area contributed by atoms with Gasteiger partial charge in [-0.05, 0) is 163 Å². The number of esters is 2. The highest BCUT2D eigenvalue weighted by Crippen LogP contribution is 2.26. The number of carboxylic acid groups (broad SMARTS) is 1. The molecule has 4 aliphatic carbocycles. The number of carbonyl (C=O) groups is 3. The van der Waals surface area contributed by atoms with Crippen molar-refractivity contribution in [1.29, 1.82) is 0 Å². The van der Waals surface area contributed by atoms with Crippen molar-refractivity contribution in [2.45, 2.75) is 155 Å². The van der Waals surface area contributed by atoms with Crippen LogP contribution in [-0.4, -0.2) is 86.3 Å². The number of fused-ring (bicyclic) bond motifs is 4. The van der Waals surface area contributed by atoms with E-state index in [2.05, 4.69) is 152 Å². The van der Waals surface area contributed by atoms with E-state index in [1.54, 1.807) is 53.0 Å². The predicted molar refractivity (Wildman–Crippen MR) is 382 cm³/mol. The van der Waals surface area contributed by atoms with Crippen molar-refractivity contribution in [3.8, 4) is 0 Å². The average molecular weight is 1290 g/mol. The van der Waals surface area contributed by atoms with E-state index in [1.165, 1.54) is 66.2 Å². The van der Waals surface area contributed by atoms with Gasteiger partial charge in [-0.25, -0.2) is 29.3 Å². The number of aliphatic hydroxyl groups excluding tert-OH is 2. The van der Waals surface area contributed by atoms with Gasteiger partial charge in [-0.15, -0.1) is 0 Å². The molecule has 7 aromatic rings. The molecular formula is C81H100N6O8. The SMILES string of the molecule is CC1C/C=C\CC(C)Cc2ccccc2C1.CC1C/C=C\CC(O)Cc2ccccc2C1.CC1C/C=C\CC(OC(=O)/C=C/c2cn(C)cn2)Cc2ccccc2C1.Cn1cnc(/C=C/C(=O)O)c1.Cn1cnc(/C=C/C(=O)OC2C/C=C\CC(O)Cc3ccccc3C2)c1. The number of allylic oxidation sites excluding steroid dienone is 4. The second-order valence-electron chi connectivity index (χ2n) is 26.1. The summed E-state index contributed by atoms with van der Waals surface area (Å²) in [4.78, 5) is 46.7.